The third-order valence-electron chi connectivity index (χ3n) is 5.06. The minimum Gasteiger partial charge on any atom is -0.460 e. The van der Waals surface area contributed by atoms with E-state index >= 15 is 0 Å². The Balaban J connectivity index is 2.12. The van der Waals surface area contributed by atoms with Gasteiger partial charge in [0.05, 0.1) is 77.2 Å². The minimum absolute atomic E-state index is 0.0587. The summed E-state index contributed by atoms with van der Waals surface area (Å²) in [4.78, 5) is 24.9. The van der Waals surface area contributed by atoms with Gasteiger partial charge in [-0.1, -0.05) is 38.8 Å². The van der Waals surface area contributed by atoms with Gasteiger partial charge in [-0.3, -0.25) is 0 Å². The molecule has 0 spiro atoms. The first-order valence-corrected chi connectivity index (χ1v) is 13.6. The third kappa shape index (κ3) is 18.2. The molecule has 0 aromatic heterocycles. The second-order valence-electron chi connectivity index (χ2n) is 8.20. The van der Waals surface area contributed by atoms with E-state index in [9.17, 15) is 9.59 Å². The van der Waals surface area contributed by atoms with Crippen LogP contribution in [-0.4, -0.2) is 104 Å². The number of hydrogen-bond donors (Lipinski definition) is 0. The second kappa shape index (κ2) is 25.2. The van der Waals surface area contributed by atoms with E-state index in [2.05, 4.69) is 13.8 Å². The Labute approximate surface area is 227 Å². The molecule has 1 rings (SSSR count). The zero-order valence-corrected chi connectivity index (χ0v) is 23.1. The molecule has 0 fully saturated rings. The van der Waals surface area contributed by atoms with Gasteiger partial charge in [-0.15, -0.1) is 0 Å². The van der Waals surface area contributed by atoms with Gasteiger partial charge >= 0.3 is 11.9 Å². The van der Waals surface area contributed by atoms with Gasteiger partial charge in [0.2, 0.25) is 0 Å². The maximum atomic E-state index is 12.5. The topological polar surface area (TPSA) is 108 Å². The summed E-state index contributed by atoms with van der Waals surface area (Å²) in [6, 6.07) is 6.36. The highest BCUT2D eigenvalue weighted by Crippen LogP contribution is 2.12. The molecule has 0 atom stereocenters. The smallest absolute Gasteiger partial charge is 0.339 e. The number of carbonyl (C=O) groups excluding carboxylic acids is 2. The number of esters is 2. The first-order chi connectivity index (χ1) is 18.7. The lowest BCUT2D eigenvalue weighted by atomic mass is 10.1. The van der Waals surface area contributed by atoms with Crippen LogP contribution in [0.25, 0.3) is 0 Å². The van der Waals surface area contributed by atoms with Gasteiger partial charge in [-0.25, -0.2) is 9.59 Å². The van der Waals surface area contributed by atoms with Crippen molar-refractivity contribution in [3.63, 3.8) is 0 Å². The van der Waals surface area contributed by atoms with Gasteiger partial charge in [-0.2, -0.15) is 0 Å². The van der Waals surface area contributed by atoms with E-state index in [0.29, 0.717) is 52.9 Å². The van der Waals surface area contributed by atoms with E-state index in [0.717, 1.165) is 38.9 Å². The predicted octanol–water partition coefficient (Wildman–Crippen LogP) is 3.70. The Bertz CT molecular complexity index is 654. The van der Waals surface area contributed by atoms with Crippen LogP contribution < -0.4 is 0 Å². The molecule has 0 radical (unpaired) electrons. The average molecular weight is 543 g/mol. The number of rotatable bonds is 26. The summed E-state index contributed by atoms with van der Waals surface area (Å²) in [6.07, 6.45) is 4.32. The molecule has 218 valence electrons. The molecule has 0 bridgehead atoms. The van der Waals surface area contributed by atoms with E-state index in [1.54, 1.807) is 12.1 Å². The molecule has 10 nitrogen and oxygen atoms in total. The van der Waals surface area contributed by atoms with Crippen molar-refractivity contribution < 1.29 is 47.5 Å². The van der Waals surface area contributed by atoms with Crippen LogP contribution in [0.1, 0.15) is 60.2 Å². The minimum atomic E-state index is -0.617. The van der Waals surface area contributed by atoms with Crippen molar-refractivity contribution in [2.75, 3.05) is 92.5 Å². The van der Waals surface area contributed by atoms with Crippen molar-refractivity contribution in [3.8, 4) is 0 Å². The van der Waals surface area contributed by atoms with Crippen LogP contribution in [0, 0.1) is 0 Å². The quantitative estimate of drug-likeness (QED) is 0.127. The van der Waals surface area contributed by atoms with Gasteiger partial charge in [0.25, 0.3) is 0 Å². The number of ether oxygens (including phenoxy) is 8. The number of unbranched alkanes of at least 4 members (excludes halogenated alkanes) is 2. The van der Waals surface area contributed by atoms with Crippen molar-refractivity contribution >= 4 is 11.9 Å². The average Bonchev–Trinajstić information content (AvgIpc) is 2.94. The summed E-state index contributed by atoms with van der Waals surface area (Å²) in [6.45, 7) is 10.1. The number of hydrogen-bond acceptors (Lipinski definition) is 10. The van der Waals surface area contributed by atoms with Crippen LogP contribution in [0.15, 0.2) is 24.3 Å². The Morgan fingerprint density at radius 3 is 1.08 bits per heavy atom. The summed E-state index contributed by atoms with van der Waals surface area (Å²) >= 11 is 0. The summed E-state index contributed by atoms with van der Waals surface area (Å²) in [5, 5.41) is 0. The molecule has 0 unspecified atom stereocenters. The van der Waals surface area contributed by atoms with Gasteiger partial charge in [-0.05, 0) is 25.0 Å². The Hall–Kier alpha value is -2.08. The van der Waals surface area contributed by atoms with Crippen LogP contribution >= 0.6 is 0 Å². The van der Waals surface area contributed by atoms with Crippen LogP contribution in [0.4, 0.5) is 0 Å². The van der Waals surface area contributed by atoms with Gasteiger partial charge in [0, 0.05) is 13.2 Å². The van der Waals surface area contributed by atoms with E-state index in [4.69, 9.17) is 37.9 Å². The molecule has 1 aromatic rings. The lowest BCUT2D eigenvalue weighted by Gasteiger charge is -2.11. The molecule has 0 N–H and O–H groups in total. The number of carbonyl (C=O) groups is 2. The fourth-order valence-electron chi connectivity index (χ4n) is 2.96. The summed E-state index contributed by atoms with van der Waals surface area (Å²) in [5.41, 5.74) is 0.277. The summed E-state index contributed by atoms with van der Waals surface area (Å²) < 4.78 is 42.9. The van der Waals surface area contributed by atoms with Crippen molar-refractivity contribution in [2.45, 2.75) is 39.5 Å². The van der Waals surface area contributed by atoms with Gasteiger partial charge in [0.15, 0.2) is 0 Å². The van der Waals surface area contributed by atoms with E-state index < -0.39 is 11.9 Å². The maximum Gasteiger partial charge on any atom is 0.339 e. The van der Waals surface area contributed by atoms with Crippen molar-refractivity contribution in [1.29, 1.82) is 0 Å². The Morgan fingerprint density at radius 1 is 0.474 bits per heavy atom. The molecule has 0 amide bonds. The fourth-order valence-corrected chi connectivity index (χ4v) is 2.96. The lowest BCUT2D eigenvalue weighted by Crippen LogP contribution is -2.18. The first-order valence-electron chi connectivity index (χ1n) is 13.6. The molecular formula is C28H46O10. The highest BCUT2D eigenvalue weighted by molar-refractivity contribution is 6.03. The maximum absolute atomic E-state index is 12.5. The summed E-state index contributed by atoms with van der Waals surface area (Å²) in [5.74, 6) is -1.23. The van der Waals surface area contributed by atoms with Crippen LogP contribution in [0.5, 0.6) is 0 Å². The number of benzene rings is 1. The zero-order chi connectivity index (χ0) is 27.5. The van der Waals surface area contributed by atoms with Gasteiger partial charge < -0.3 is 37.9 Å². The van der Waals surface area contributed by atoms with Crippen molar-refractivity contribution in [3.05, 3.63) is 35.4 Å². The first kappa shape index (κ1) is 33.9. The molecule has 10 heteroatoms. The highest BCUT2D eigenvalue weighted by atomic mass is 16.6. The Kier molecular flexibility index (Phi) is 22.5. The zero-order valence-electron chi connectivity index (χ0n) is 23.1. The largest absolute Gasteiger partial charge is 0.460 e. The fraction of sp³-hybridized carbons (Fsp3) is 0.714. The SMILES string of the molecule is CCCCOCCOCCOCCOC(=O)c1ccccc1C(=O)OCCOCCOCCOCCCC. The molecule has 38 heavy (non-hydrogen) atoms. The summed E-state index contributed by atoms with van der Waals surface area (Å²) in [7, 11) is 0. The Morgan fingerprint density at radius 2 is 0.763 bits per heavy atom. The molecular weight excluding hydrogens is 496 g/mol. The standard InChI is InChI=1S/C28H46O10/c1-3-5-11-31-13-15-33-17-19-35-21-23-37-27(29)25-9-7-8-10-26(25)28(30)38-24-22-36-20-18-34-16-14-32-12-6-4-2/h7-10H,3-6,11-24H2,1-2H3. The molecule has 0 saturated carbocycles. The monoisotopic (exact) mass is 542 g/mol. The van der Waals surface area contributed by atoms with Crippen LogP contribution in [0.3, 0.4) is 0 Å². The third-order valence-corrected chi connectivity index (χ3v) is 5.06. The molecule has 0 saturated heterocycles. The van der Waals surface area contributed by atoms with Crippen LogP contribution in [-0.2, 0) is 37.9 Å². The van der Waals surface area contributed by atoms with Crippen LogP contribution in [0.2, 0.25) is 0 Å². The highest BCUT2D eigenvalue weighted by Gasteiger charge is 2.18. The van der Waals surface area contributed by atoms with E-state index in [1.165, 1.54) is 12.1 Å². The molecule has 0 aliphatic carbocycles. The van der Waals surface area contributed by atoms with E-state index in [-0.39, 0.29) is 37.6 Å². The lowest BCUT2D eigenvalue weighted by molar-refractivity contribution is -0.000776. The molecule has 1 aromatic carbocycles. The van der Waals surface area contributed by atoms with Crippen molar-refractivity contribution in [1.82, 2.24) is 0 Å². The molecule has 0 aliphatic heterocycles. The molecule has 0 heterocycles. The van der Waals surface area contributed by atoms with E-state index in [1.807, 2.05) is 0 Å². The second-order valence-corrected chi connectivity index (χ2v) is 8.20. The van der Waals surface area contributed by atoms with Gasteiger partial charge in [0.1, 0.15) is 13.2 Å². The molecule has 0 aliphatic rings. The predicted molar refractivity (Wildman–Crippen MR) is 142 cm³/mol. The normalized spacial score (nSPS) is 11.0. The van der Waals surface area contributed by atoms with Crippen molar-refractivity contribution in [2.24, 2.45) is 0 Å².